The van der Waals surface area contributed by atoms with Crippen LogP contribution in [0.15, 0.2) is 53.5 Å². The van der Waals surface area contributed by atoms with Gasteiger partial charge in [-0.1, -0.05) is 24.3 Å². The molecule has 3 N–H and O–H groups in total. The molecule has 0 radical (unpaired) electrons. The van der Waals surface area contributed by atoms with Crippen LogP contribution < -0.4 is 20.1 Å². The van der Waals surface area contributed by atoms with Gasteiger partial charge in [0.2, 0.25) is 0 Å². The molecular formula is C20H28IN3O3. The van der Waals surface area contributed by atoms with Crippen LogP contribution in [0, 0.1) is 0 Å². The summed E-state index contributed by atoms with van der Waals surface area (Å²) >= 11 is 0. The van der Waals surface area contributed by atoms with E-state index in [0.717, 1.165) is 23.8 Å². The molecule has 2 rings (SSSR count). The molecule has 0 aromatic heterocycles. The smallest absolute Gasteiger partial charge is 0.191 e. The van der Waals surface area contributed by atoms with Crippen molar-refractivity contribution in [1.29, 1.82) is 0 Å². The highest BCUT2D eigenvalue weighted by Gasteiger charge is 2.03. The molecule has 0 aliphatic rings. The summed E-state index contributed by atoms with van der Waals surface area (Å²) in [7, 11) is 1.58. The Kier molecular flexibility index (Phi) is 11.1. The van der Waals surface area contributed by atoms with Crippen LogP contribution in [0.2, 0.25) is 0 Å². The number of hydrogen-bond acceptors (Lipinski definition) is 4. The van der Waals surface area contributed by atoms with E-state index >= 15 is 0 Å². The summed E-state index contributed by atoms with van der Waals surface area (Å²) in [6, 6.07) is 15.0. The second-order valence-corrected chi connectivity index (χ2v) is 5.59. The van der Waals surface area contributed by atoms with Crippen LogP contribution >= 0.6 is 24.0 Å². The average Bonchev–Trinajstić information content (AvgIpc) is 2.67. The fraction of sp³-hybridized carbons (Fsp3) is 0.350. The number of guanidine groups is 1. The van der Waals surface area contributed by atoms with Crippen molar-refractivity contribution < 1.29 is 14.6 Å². The molecule has 0 aliphatic carbocycles. The normalized spacial score (nSPS) is 10.7. The zero-order chi connectivity index (χ0) is 18.6. The van der Waals surface area contributed by atoms with E-state index in [-0.39, 0.29) is 29.7 Å². The molecule has 0 amide bonds. The van der Waals surface area contributed by atoms with E-state index in [1.165, 1.54) is 0 Å². The van der Waals surface area contributed by atoms with Gasteiger partial charge >= 0.3 is 0 Å². The van der Waals surface area contributed by atoms with Gasteiger partial charge in [-0.2, -0.15) is 0 Å². The number of para-hydroxylation sites is 1. The third kappa shape index (κ3) is 8.38. The van der Waals surface area contributed by atoms with E-state index in [9.17, 15) is 5.11 Å². The van der Waals surface area contributed by atoms with Crippen molar-refractivity contribution in [2.75, 3.05) is 33.4 Å². The van der Waals surface area contributed by atoms with Gasteiger partial charge in [0.25, 0.3) is 0 Å². The zero-order valence-electron chi connectivity index (χ0n) is 15.8. The fourth-order valence-electron chi connectivity index (χ4n) is 2.37. The number of hydrogen-bond donors (Lipinski definition) is 3. The van der Waals surface area contributed by atoms with Crippen LogP contribution in [0.25, 0.3) is 0 Å². The van der Waals surface area contributed by atoms with Gasteiger partial charge in [0.15, 0.2) is 5.96 Å². The van der Waals surface area contributed by atoms with Gasteiger partial charge < -0.3 is 25.2 Å². The minimum Gasteiger partial charge on any atom is -0.508 e. The molecule has 0 spiro atoms. The third-order valence-corrected chi connectivity index (χ3v) is 3.69. The number of halogens is 1. The number of nitrogens with zero attached hydrogens (tertiary/aromatic N) is 1. The molecular weight excluding hydrogens is 457 g/mol. The van der Waals surface area contributed by atoms with Gasteiger partial charge in [0.1, 0.15) is 23.9 Å². The first-order valence-electron chi connectivity index (χ1n) is 8.79. The maximum atomic E-state index is 10.00. The number of phenols is 1. The largest absolute Gasteiger partial charge is 0.508 e. The Morgan fingerprint density at radius 2 is 1.85 bits per heavy atom. The highest BCUT2D eigenvalue weighted by Crippen LogP contribution is 2.23. The summed E-state index contributed by atoms with van der Waals surface area (Å²) in [6.07, 6.45) is 0.646. The topological polar surface area (TPSA) is 75.1 Å². The van der Waals surface area contributed by atoms with Gasteiger partial charge in [-0.15, -0.1) is 24.0 Å². The van der Waals surface area contributed by atoms with Crippen LogP contribution in [-0.2, 0) is 6.42 Å². The number of phenolic OH excluding ortho intramolecular Hbond substituents is 1. The van der Waals surface area contributed by atoms with E-state index in [1.54, 1.807) is 13.2 Å². The monoisotopic (exact) mass is 485 g/mol. The second-order valence-electron chi connectivity index (χ2n) is 5.59. The summed E-state index contributed by atoms with van der Waals surface area (Å²) in [6.45, 7) is 4.56. The number of methoxy groups -OCH3 is 1. The summed E-state index contributed by atoms with van der Waals surface area (Å²) in [4.78, 5) is 4.53. The van der Waals surface area contributed by atoms with Crippen LogP contribution in [-0.4, -0.2) is 44.4 Å². The lowest BCUT2D eigenvalue weighted by molar-refractivity contribution is 0.322. The first-order valence-corrected chi connectivity index (χ1v) is 8.79. The molecule has 0 fully saturated rings. The Labute approximate surface area is 178 Å². The Morgan fingerprint density at radius 3 is 2.52 bits per heavy atom. The average molecular weight is 485 g/mol. The summed E-state index contributed by atoms with van der Waals surface area (Å²) in [5, 5.41) is 16.4. The molecule has 0 bridgehead atoms. The summed E-state index contributed by atoms with van der Waals surface area (Å²) in [5.41, 5.74) is 0.845. The van der Waals surface area contributed by atoms with Gasteiger partial charge in [-0.05, 0) is 37.1 Å². The lowest BCUT2D eigenvalue weighted by atomic mass is 10.1. The SMILES string of the molecule is CCNC(=NCCc1ccc(OC)cc1O)NCCOc1ccccc1.I. The summed E-state index contributed by atoms with van der Waals surface area (Å²) < 4.78 is 10.7. The standard InChI is InChI=1S/C20H27N3O3.HI/c1-3-21-20(23-13-14-26-17-7-5-4-6-8-17)22-12-11-16-9-10-18(25-2)15-19(16)24;/h4-10,15,24H,3,11-14H2,1-2H3,(H2,21,22,23);1H. The van der Waals surface area contributed by atoms with E-state index in [0.29, 0.717) is 31.9 Å². The molecule has 0 saturated carbocycles. The number of ether oxygens (including phenoxy) is 2. The minimum absolute atomic E-state index is 0. The predicted octanol–water partition coefficient (Wildman–Crippen LogP) is 3.20. The maximum absolute atomic E-state index is 10.00. The van der Waals surface area contributed by atoms with Crippen molar-refractivity contribution in [2.45, 2.75) is 13.3 Å². The molecule has 0 saturated heterocycles. The van der Waals surface area contributed by atoms with Gasteiger partial charge in [0.05, 0.1) is 13.7 Å². The fourth-order valence-corrected chi connectivity index (χ4v) is 2.37. The van der Waals surface area contributed by atoms with E-state index in [2.05, 4.69) is 15.6 Å². The number of aromatic hydroxyl groups is 1. The maximum Gasteiger partial charge on any atom is 0.191 e. The Hall–Kier alpha value is -2.16. The van der Waals surface area contributed by atoms with Crippen molar-refractivity contribution >= 4 is 29.9 Å². The lowest BCUT2D eigenvalue weighted by Gasteiger charge is -2.12. The molecule has 6 nitrogen and oxygen atoms in total. The molecule has 27 heavy (non-hydrogen) atoms. The van der Waals surface area contributed by atoms with E-state index in [1.807, 2.05) is 49.4 Å². The van der Waals surface area contributed by atoms with Gasteiger partial charge in [0, 0.05) is 19.2 Å². The number of nitrogens with one attached hydrogen (secondary N) is 2. The second kappa shape index (κ2) is 13.1. The quantitative estimate of drug-likeness (QED) is 0.220. The first kappa shape index (κ1) is 22.9. The molecule has 0 aliphatic heterocycles. The van der Waals surface area contributed by atoms with Crippen molar-refractivity contribution in [3.05, 3.63) is 54.1 Å². The summed E-state index contributed by atoms with van der Waals surface area (Å²) in [5.74, 6) is 2.46. The molecule has 2 aromatic carbocycles. The zero-order valence-corrected chi connectivity index (χ0v) is 18.1. The van der Waals surface area contributed by atoms with Crippen LogP contribution in [0.3, 0.4) is 0 Å². The van der Waals surface area contributed by atoms with Crippen molar-refractivity contribution in [2.24, 2.45) is 4.99 Å². The molecule has 148 valence electrons. The Balaban J connectivity index is 0.00000364. The highest BCUT2D eigenvalue weighted by atomic mass is 127. The Bertz CT molecular complexity index is 696. The van der Waals surface area contributed by atoms with Gasteiger partial charge in [-0.25, -0.2) is 0 Å². The molecule has 0 unspecified atom stereocenters. The lowest BCUT2D eigenvalue weighted by Crippen LogP contribution is -2.39. The van der Waals surface area contributed by atoms with Crippen molar-refractivity contribution in [1.82, 2.24) is 10.6 Å². The number of aliphatic imine (C=N–C) groups is 1. The molecule has 7 heteroatoms. The van der Waals surface area contributed by atoms with Gasteiger partial charge in [-0.3, -0.25) is 4.99 Å². The van der Waals surface area contributed by atoms with Crippen molar-refractivity contribution in [3.8, 4) is 17.2 Å². The number of rotatable bonds is 9. The van der Waals surface area contributed by atoms with E-state index in [4.69, 9.17) is 9.47 Å². The molecule has 0 atom stereocenters. The minimum atomic E-state index is 0. The number of benzene rings is 2. The third-order valence-electron chi connectivity index (χ3n) is 3.69. The van der Waals surface area contributed by atoms with Crippen molar-refractivity contribution in [3.63, 3.8) is 0 Å². The van der Waals surface area contributed by atoms with Crippen LogP contribution in [0.5, 0.6) is 17.2 Å². The Morgan fingerprint density at radius 1 is 1.07 bits per heavy atom. The molecule has 2 aromatic rings. The van der Waals surface area contributed by atoms with Crippen LogP contribution in [0.1, 0.15) is 12.5 Å². The van der Waals surface area contributed by atoms with Crippen LogP contribution in [0.4, 0.5) is 0 Å². The van der Waals surface area contributed by atoms with E-state index < -0.39 is 0 Å². The highest BCUT2D eigenvalue weighted by molar-refractivity contribution is 14.0. The predicted molar refractivity (Wildman–Crippen MR) is 120 cm³/mol. The molecule has 0 heterocycles. The first-order chi connectivity index (χ1) is 12.7.